The molecule has 0 heterocycles. The Kier molecular flexibility index (Phi) is 7.76. The van der Waals surface area contributed by atoms with E-state index in [1.54, 1.807) is 11.4 Å². The maximum atomic E-state index is 5.63. The lowest BCUT2D eigenvalue weighted by atomic mass is 10.1. The van der Waals surface area contributed by atoms with Gasteiger partial charge in [-0.25, -0.2) is 0 Å². The molecule has 0 aliphatic carbocycles. The maximum Gasteiger partial charge on any atom is 0.122 e. The molecule has 0 aliphatic heterocycles. The van der Waals surface area contributed by atoms with Gasteiger partial charge in [-0.3, -0.25) is 11.0 Å². The average molecular weight is 240 g/mol. The largest absolute Gasteiger partial charge is 0.283 e. The summed E-state index contributed by atoms with van der Waals surface area (Å²) in [7, 11) is 0. The highest BCUT2D eigenvalue weighted by Crippen LogP contribution is 2.47. The Balaban J connectivity index is 3.41. The fourth-order valence-electron chi connectivity index (χ4n) is 1.19. The predicted octanol–water partition coefficient (Wildman–Crippen LogP) is 3.22. The second kappa shape index (κ2) is 7.24. The average Bonchev–Trinajstić information content (AvgIpc) is 1.94. The normalized spacial score (nSPS) is 14.5. The van der Waals surface area contributed by atoms with Gasteiger partial charge in [0.1, 0.15) is 5.54 Å². The summed E-state index contributed by atoms with van der Waals surface area (Å²) in [6.45, 7) is 4.38. The van der Waals surface area contributed by atoms with Crippen LogP contribution in [0.1, 0.15) is 46.0 Å². The van der Waals surface area contributed by atoms with Gasteiger partial charge in [-0.1, -0.05) is 62.7 Å². The van der Waals surface area contributed by atoms with E-state index < -0.39 is 5.54 Å². The second-order valence-electron chi connectivity index (χ2n) is 3.41. The zero-order valence-electron chi connectivity index (χ0n) is 8.53. The number of rotatable bonds is 7. The van der Waals surface area contributed by atoms with Gasteiger partial charge in [0.15, 0.2) is 0 Å². The lowest BCUT2D eigenvalue weighted by molar-refractivity contribution is 0.631. The minimum Gasteiger partial charge on any atom is -0.283 e. The Morgan fingerprint density at radius 2 is 1.92 bits per heavy atom. The molecule has 0 bridgehead atoms. The van der Waals surface area contributed by atoms with Crippen molar-refractivity contribution in [3.8, 4) is 0 Å². The van der Waals surface area contributed by atoms with E-state index in [0.29, 0.717) is 5.25 Å². The molecule has 0 saturated heterocycles. The number of unbranched alkanes of at least 4 members (excludes halogenated alkanes) is 3. The molecule has 0 amide bonds. The van der Waals surface area contributed by atoms with Crippen molar-refractivity contribution in [1.82, 2.24) is 0 Å². The summed E-state index contributed by atoms with van der Waals surface area (Å²) in [5.41, 5.74) is 9.24. The third kappa shape index (κ3) is 10.8. The molecule has 1 atom stereocenters. The molecule has 2 nitrogen and oxygen atoms in total. The molecule has 0 aromatic carbocycles. The van der Waals surface area contributed by atoms with Gasteiger partial charge < -0.3 is 0 Å². The van der Waals surface area contributed by atoms with Crippen molar-refractivity contribution in [3.05, 3.63) is 0 Å². The van der Waals surface area contributed by atoms with Crippen molar-refractivity contribution >= 4 is 28.7 Å². The van der Waals surface area contributed by atoms with Crippen LogP contribution in [0, 0.1) is 0 Å². The lowest BCUT2D eigenvalue weighted by Gasteiger charge is -2.15. The molecule has 80 valence electrons. The minimum atomic E-state index is -2.03. The van der Waals surface area contributed by atoms with Crippen LogP contribution in [0.15, 0.2) is 0 Å². The van der Waals surface area contributed by atoms with Gasteiger partial charge in [0.05, 0.1) is 0 Å². The quantitative estimate of drug-likeness (QED) is 0.530. The Bertz CT molecular complexity index is 170. The van der Waals surface area contributed by atoms with E-state index in [2.05, 4.69) is 13.8 Å². The molecule has 0 saturated carbocycles. The summed E-state index contributed by atoms with van der Waals surface area (Å²) in [5, 5.41) is 0.526. The highest BCUT2D eigenvalue weighted by atomic mass is 32.9. The van der Waals surface area contributed by atoms with Gasteiger partial charge in [-0.05, 0) is 6.42 Å². The van der Waals surface area contributed by atoms with Crippen LogP contribution in [0.3, 0.4) is 0 Å². The van der Waals surface area contributed by atoms with Crippen molar-refractivity contribution in [1.29, 1.82) is 0 Å². The Morgan fingerprint density at radius 3 is 2.38 bits per heavy atom. The van der Waals surface area contributed by atoms with Crippen LogP contribution in [0.25, 0.3) is 0 Å². The smallest absolute Gasteiger partial charge is 0.122 e. The molecule has 0 aromatic heterocycles. The van der Waals surface area contributed by atoms with Gasteiger partial charge >= 0.3 is 0 Å². The Hall–Kier alpha value is 0.920. The molecular formula is C8H21N2PS2. The topological polar surface area (TPSA) is 52.0 Å². The predicted molar refractivity (Wildman–Crippen MR) is 68.5 cm³/mol. The third-order valence-corrected chi connectivity index (χ3v) is 5.58. The van der Waals surface area contributed by atoms with Crippen LogP contribution in [-0.2, 0) is 11.8 Å². The summed E-state index contributed by atoms with van der Waals surface area (Å²) >= 11 is 6.59. The van der Waals surface area contributed by atoms with Gasteiger partial charge in [0, 0.05) is 5.25 Å². The maximum absolute atomic E-state index is 5.63. The zero-order valence-corrected chi connectivity index (χ0v) is 11.1. The Labute approximate surface area is 91.1 Å². The van der Waals surface area contributed by atoms with Gasteiger partial charge in [-0.15, -0.1) is 0 Å². The van der Waals surface area contributed by atoms with E-state index >= 15 is 0 Å². The number of hydrogen-bond donors (Lipinski definition) is 2. The van der Waals surface area contributed by atoms with Crippen molar-refractivity contribution in [3.63, 3.8) is 0 Å². The van der Waals surface area contributed by atoms with Crippen LogP contribution >= 0.6 is 16.9 Å². The molecular weight excluding hydrogens is 219 g/mol. The first-order chi connectivity index (χ1) is 5.95. The zero-order chi connectivity index (χ0) is 10.3. The lowest BCUT2D eigenvalue weighted by Crippen LogP contribution is -2.05. The van der Waals surface area contributed by atoms with E-state index in [-0.39, 0.29) is 0 Å². The fourth-order valence-corrected chi connectivity index (χ4v) is 5.35. The number of nitrogens with two attached hydrogens (primary N) is 2. The van der Waals surface area contributed by atoms with E-state index in [1.807, 2.05) is 0 Å². The van der Waals surface area contributed by atoms with Gasteiger partial charge in [-0.2, -0.15) is 0 Å². The molecule has 0 aromatic rings. The Morgan fingerprint density at radius 1 is 1.31 bits per heavy atom. The van der Waals surface area contributed by atoms with Crippen LogP contribution in [0.2, 0.25) is 0 Å². The molecule has 0 aliphatic rings. The van der Waals surface area contributed by atoms with E-state index in [4.69, 9.17) is 22.8 Å². The summed E-state index contributed by atoms with van der Waals surface area (Å²) < 4.78 is 0. The molecule has 0 spiro atoms. The van der Waals surface area contributed by atoms with Crippen molar-refractivity contribution < 1.29 is 0 Å². The minimum absolute atomic E-state index is 0.526. The molecule has 0 radical (unpaired) electrons. The van der Waals surface area contributed by atoms with Crippen LogP contribution < -0.4 is 11.0 Å². The monoisotopic (exact) mass is 240 g/mol. The standard InChI is InChI=1S/C8H21N2PS2/c1-3-4-5-6-7-8(2)13-11(9,10)12/h8H,3-7H2,1-2H3,(H4,9,10,12). The van der Waals surface area contributed by atoms with Crippen molar-refractivity contribution in [2.75, 3.05) is 0 Å². The third-order valence-electron chi connectivity index (χ3n) is 1.81. The SMILES string of the molecule is CCCCCCC(C)SP(N)(N)=S. The summed E-state index contributed by atoms with van der Waals surface area (Å²) in [5.74, 6) is 0. The number of hydrogen-bond acceptors (Lipinski definition) is 2. The highest BCUT2D eigenvalue weighted by molar-refractivity contribution is 8.69. The van der Waals surface area contributed by atoms with E-state index in [9.17, 15) is 0 Å². The van der Waals surface area contributed by atoms with Crippen molar-refractivity contribution in [2.45, 2.75) is 51.2 Å². The molecule has 4 N–H and O–H groups in total. The van der Waals surface area contributed by atoms with Crippen molar-refractivity contribution in [2.24, 2.45) is 11.0 Å². The first kappa shape index (κ1) is 13.9. The fraction of sp³-hybridized carbons (Fsp3) is 1.00. The molecule has 1 unspecified atom stereocenters. The van der Waals surface area contributed by atoms with E-state index in [1.165, 1.54) is 32.1 Å². The molecule has 13 heavy (non-hydrogen) atoms. The summed E-state index contributed by atoms with van der Waals surface area (Å²) in [6.07, 6.45) is 6.40. The molecule has 5 heteroatoms. The van der Waals surface area contributed by atoms with Gasteiger partial charge in [0.25, 0.3) is 0 Å². The first-order valence-electron chi connectivity index (χ1n) is 4.81. The van der Waals surface area contributed by atoms with Crippen LogP contribution in [-0.4, -0.2) is 5.25 Å². The van der Waals surface area contributed by atoms with Gasteiger partial charge in [0.2, 0.25) is 0 Å². The van der Waals surface area contributed by atoms with Crippen LogP contribution in [0.5, 0.6) is 0 Å². The molecule has 0 rings (SSSR count). The van der Waals surface area contributed by atoms with Crippen LogP contribution in [0.4, 0.5) is 0 Å². The van der Waals surface area contributed by atoms with E-state index in [0.717, 1.165) is 0 Å². The second-order valence-corrected chi connectivity index (χ2v) is 10.7. The highest BCUT2D eigenvalue weighted by Gasteiger charge is 2.10. The summed E-state index contributed by atoms with van der Waals surface area (Å²) in [4.78, 5) is 0. The first-order valence-corrected chi connectivity index (χ1v) is 9.24. The molecule has 0 fully saturated rings. The summed E-state index contributed by atoms with van der Waals surface area (Å²) in [6, 6.07) is 0.